The Balaban J connectivity index is 2.49. The summed E-state index contributed by atoms with van der Waals surface area (Å²) in [5, 5.41) is 9.57. The van der Waals surface area contributed by atoms with E-state index >= 15 is 0 Å². The molecule has 0 aliphatic heterocycles. The van der Waals surface area contributed by atoms with Gasteiger partial charge >= 0.3 is 0 Å². The summed E-state index contributed by atoms with van der Waals surface area (Å²) in [6, 6.07) is 11.4. The Bertz CT molecular complexity index is 730. The highest BCUT2D eigenvalue weighted by Crippen LogP contribution is 2.37. The molecular weight excluding hydrogens is 324 g/mol. The van der Waals surface area contributed by atoms with Gasteiger partial charge in [0.2, 0.25) is 0 Å². The van der Waals surface area contributed by atoms with E-state index in [1.165, 1.54) is 0 Å². The van der Waals surface area contributed by atoms with E-state index in [2.05, 4.69) is 33.8 Å². The van der Waals surface area contributed by atoms with Crippen molar-refractivity contribution in [2.24, 2.45) is 0 Å². The molecule has 140 valence electrons. The van der Waals surface area contributed by atoms with Crippen LogP contribution in [0.3, 0.4) is 0 Å². The number of aromatic hydroxyl groups is 1. The van der Waals surface area contributed by atoms with Crippen LogP contribution in [0.4, 0.5) is 0 Å². The van der Waals surface area contributed by atoms with E-state index in [1.54, 1.807) is 12.1 Å². The maximum Gasteiger partial charge on any atom is 0.153 e. The minimum atomic E-state index is -0.282. The van der Waals surface area contributed by atoms with E-state index in [4.69, 9.17) is 4.74 Å². The Labute approximate surface area is 157 Å². The van der Waals surface area contributed by atoms with Gasteiger partial charge in [-0.1, -0.05) is 58.7 Å². The van der Waals surface area contributed by atoms with Gasteiger partial charge in [-0.3, -0.25) is 4.79 Å². The molecule has 0 aromatic heterocycles. The van der Waals surface area contributed by atoms with Crippen LogP contribution in [0.5, 0.6) is 11.5 Å². The Morgan fingerprint density at radius 3 is 2.31 bits per heavy atom. The minimum Gasteiger partial charge on any atom is -0.508 e. The monoisotopic (exact) mass is 354 g/mol. The molecule has 0 saturated heterocycles. The summed E-state index contributed by atoms with van der Waals surface area (Å²) in [6.45, 7) is 9.16. The molecule has 0 heterocycles. The Kier molecular flexibility index (Phi) is 6.84. The van der Waals surface area contributed by atoms with Crippen molar-refractivity contribution >= 4 is 6.29 Å². The van der Waals surface area contributed by atoms with Crippen LogP contribution in [-0.2, 0) is 11.8 Å². The second-order valence-electron chi connectivity index (χ2n) is 7.30. The molecule has 2 rings (SSSR count). The number of rotatable bonds is 9. The first kappa shape index (κ1) is 20.0. The van der Waals surface area contributed by atoms with Gasteiger partial charge in [-0.05, 0) is 47.7 Å². The summed E-state index contributed by atoms with van der Waals surface area (Å²) in [4.78, 5) is 11.8. The number of phenolic OH excluding ortho intramolecular Hbond substituents is 1. The van der Waals surface area contributed by atoms with Crippen LogP contribution in [0.15, 0.2) is 36.4 Å². The van der Waals surface area contributed by atoms with Crippen LogP contribution < -0.4 is 4.74 Å². The lowest BCUT2D eigenvalue weighted by Gasteiger charge is -2.28. The van der Waals surface area contributed by atoms with Crippen molar-refractivity contribution < 1.29 is 14.6 Å². The molecule has 0 saturated carbocycles. The van der Waals surface area contributed by atoms with Crippen molar-refractivity contribution in [3.63, 3.8) is 0 Å². The molecule has 3 heteroatoms. The maximum absolute atomic E-state index is 11.8. The van der Waals surface area contributed by atoms with Crippen molar-refractivity contribution in [1.82, 2.24) is 0 Å². The normalized spacial score (nSPS) is 11.4. The lowest BCUT2D eigenvalue weighted by Crippen LogP contribution is -2.20. The third-order valence-electron chi connectivity index (χ3n) is 4.90. The summed E-state index contributed by atoms with van der Waals surface area (Å²) in [5.41, 5.74) is 3.60. The number of aryl methyl sites for hydroxylation is 1. The average Bonchev–Trinajstić information content (AvgIpc) is 2.63. The number of phenols is 1. The molecule has 0 aliphatic rings. The number of unbranched alkanes of at least 4 members (excludes halogenated alkanes) is 1. The Morgan fingerprint density at radius 2 is 1.73 bits per heavy atom. The van der Waals surface area contributed by atoms with Crippen molar-refractivity contribution in [1.29, 1.82) is 0 Å². The molecule has 0 radical (unpaired) electrons. The first-order valence-electron chi connectivity index (χ1n) is 9.48. The fourth-order valence-electron chi connectivity index (χ4n) is 3.16. The van der Waals surface area contributed by atoms with E-state index < -0.39 is 0 Å². The van der Waals surface area contributed by atoms with E-state index in [9.17, 15) is 9.90 Å². The number of carbonyl (C=O) groups is 1. The summed E-state index contributed by atoms with van der Waals surface area (Å²) in [7, 11) is 0. The molecule has 0 atom stereocenters. The van der Waals surface area contributed by atoms with Gasteiger partial charge in [-0.2, -0.15) is 0 Å². The molecular formula is C23H30O3. The van der Waals surface area contributed by atoms with Gasteiger partial charge in [0.05, 0.1) is 12.2 Å². The molecule has 0 amide bonds. The third-order valence-corrected chi connectivity index (χ3v) is 4.90. The zero-order chi connectivity index (χ0) is 19.2. The summed E-state index contributed by atoms with van der Waals surface area (Å²) in [6.07, 6.45) is 4.81. The first-order valence-corrected chi connectivity index (χ1v) is 9.48. The predicted molar refractivity (Wildman–Crippen MR) is 106 cm³/mol. The number of hydrogen-bond acceptors (Lipinski definition) is 3. The standard InChI is InChI=1S/C23H30O3/c1-5-7-13-26-22-17(8-6-2)14-20(15-18(22)16-24)23(3,4)19-9-11-21(25)12-10-19/h9-12,14-16,25H,5-8,13H2,1-4H3. The summed E-state index contributed by atoms with van der Waals surface area (Å²) >= 11 is 0. The number of hydrogen-bond donors (Lipinski definition) is 1. The van der Waals surface area contributed by atoms with Crippen LogP contribution in [0.1, 0.15) is 74.0 Å². The molecule has 0 aliphatic carbocycles. The van der Waals surface area contributed by atoms with E-state index in [-0.39, 0.29) is 11.2 Å². The van der Waals surface area contributed by atoms with Gasteiger partial charge in [0.25, 0.3) is 0 Å². The average molecular weight is 354 g/mol. The fourth-order valence-corrected chi connectivity index (χ4v) is 3.16. The molecule has 26 heavy (non-hydrogen) atoms. The number of benzene rings is 2. The van der Waals surface area contributed by atoms with Crippen molar-refractivity contribution in [3.05, 3.63) is 58.7 Å². The van der Waals surface area contributed by atoms with E-state index in [0.29, 0.717) is 12.2 Å². The van der Waals surface area contributed by atoms with Crippen LogP contribution in [-0.4, -0.2) is 18.0 Å². The highest BCUT2D eigenvalue weighted by molar-refractivity contribution is 5.81. The molecule has 0 bridgehead atoms. The zero-order valence-corrected chi connectivity index (χ0v) is 16.3. The quantitative estimate of drug-likeness (QED) is 0.467. The lowest BCUT2D eigenvalue weighted by molar-refractivity contribution is 0.111. The fraction of sp³-hybridized carbons (Fsp3) is 0.435. The molecule has 0 spiro atoms. The number of carbonyl (C=O) groups excluding carboxylic acids is 1. The summed E-state index contributed by atoms with van der Waals surface area (Å²) in [5.74, 6) is 0.991. The van der Waals surface area contributed by atoms with Crippen LogP contribution in [0.25, 0.3) is 0 Å². The number of ether oxygens (including phenoxy) is 1. The van der Waals surface area contributed by atoms with Gasteiger partial charge in [0, 0.05) is 5.41 Å². The maximum atomic E-state index is 11.8. The lowest BCUT2D eigenvalue weighted by atomic mass is 9.76. The van der Waals surface area contributed by atoms with Gasteiger partial charge < -0.3 is 9.84 Å². The van der Waals surface area contributed by atoms with E-state index in [1.807, 2.05) is 18.2 Å². The predicted octanol–water partition coefficient (Wildman–Crippen LogP) is 5.66. The third kappa shape index (κ3) is 4.46. The van der Waals surface area contributed by atoms with Gasteiger partial charge in [-0.15, -0.1) is 0 Å². The molecule has 2 aromatic carbocycles. The highest BCUT2D eigenvalue weighted by atomic mass is 16.5. The van der Waals surface area contributed by atoms with Crippen molar-refractivity contribution in [2.45, 2.75) is 58.8 Å². The van der Waals surface area contributed by atoms with Crippen molar-refractivity contribution in [2.75, 3.05) is 6.61 Å². The molecule has 2 aromatic rings. The van der Waals surface area contributed by atoms with E-state index in [0.717, 1.165) is 54.4 Å². The second-order valence-corrected chi connectivity index (χ2v) is 7.30. The number of aldehydes is 1. The second kappa shape index (κ2) is 8.88. The molecule has 0 fully saturated rings. The molecule has 0 unspecified atom stereocenters. The van der Waals surface area contributed by atoms with Crippen LogP contribution >= 0.6 is 0 Å². The Hall–Kier alpha value is -2.29. The zero-order valence-electron chi connectivity index (χ0n) is 16.3. The van der Waals surface area contributed by atoms with Gasteiger partial charge in [0.1, 0.15) is 11.5 Å². The highest BCUT2D eigenvalue weighted by Gasteiger charge is 2.26. The smallest absolute Gasteiger partial charge is 0.153 e. The Morgan fingerprint density at radius 1 is 1.04 bits per heavy atom. The minimum absolute atomic E-state index is 0.254. The molecule has 3 nitrogen and oxygen atoms in total. The summed E-state index contributed by atoms with van der Waals surface area (Å²) < 4.78 is 5.98. The van der Waals surface area contributed by atoms with Crippen molar-refractivity contribution in [3.8, 4) is 11.5 Å². The topological polar surface area (TPSA) is 46.5 Å². The first-order chi connectivity index (χ1) is 12.4. The molecule has 1 N–H and O–H groups in total. The van der Waals surface area contributed by atoms with Gasteiger partial charge in [0.15, 0.2) is 6.29 Å². The van der Waals surface area contributed by atoms with Gasteiger partial charge in [-0.25, -0.2) is 0 Å². The SMILES string of the molecule is CCCCOc1c(C=O)cc(C(C)(C)c2ccc(O)cc2)cc1CCC. The van der Waals surface area contributed by atoms with Crippen LogP contribution in [0.2, 0.25) is 0 Å². The van der Waals surface area contributed by atoms with Crippen LogP contribution in [0, 0.1) is 0 Å². The largest absolute Gasteiger partial charge is 0.508 e.